The number of sulfonamides is 2. The summed E-state index contributed by atoms with van der Waals surface area (Å²) in [5, 5.41) is 7.86. The van der Waals surface area contributed by atoms with Crippen LogP contribution in [0.2, 0.25) is 5.02 Å². The average Bonchev–Trinajstić information content (AvgIpc) is 2.54. The molecule has 0 aliphatic carbocycles. The largest absolute Gasteiger partial charge is 0.325 e. The molecule has 1 atom stereocenters. The van der Waals surface area contributed by atoms with Crippen molar-refractivity contribution in [2.75, 3.05) is 5.32 Å². The Balaban J connectivity index is 2.06. The molecule has 26 heavy (non-hydrogen) atoms. The first-order valence-electron chi connectivity index (χ1n) is 7.21. The maximum Gasteiger partial charge on any atom is 0.242 e. The number of carbonyl (C=O) groups excluding carboxylic acids is 1. The minimum absolute atomic E-state index is 0.0287. The first-order chi connectivity index (χ1) is 12.0. The third-order valence-electron chi connectivity index (χ3n) is 3.30. The van der Waals surface area contributed by atoms with Crippen molar-refractivity contribution in [2.24, 2.45) is 5.14 Å². The topological polar surface area (TPSA) is 135 Å². The summed E-state index contributed by atoms with van der Waals surface area (Å²) in [6, 6.07) is 9.56. The molecule has 11 heteroatoms. The number of hydrogen-bond donors (Lipinski definition) is 3. The molecular formula is C15H16ClN3O5S2. The van der Waals surface area contributed by atoms with Gasteiger partial charge in [-0.3, -0.25) is 4.79 Å². The molecule has 0 saturated heterocycles. The Morgan fingerprint density at radius 1 is 0.962 bits per heavy atom. The van der Waals surface area contributed by atoms with Crippen LogP contribution in [0.3, 0.4) is 0 Å². The van der Waals surface area contributed by atoms with Crippen LogP contribution in [-0.4, -0.2) is 28.8 Å². The molecule has 0 aliphatic rings. The number of rotatable bonds is 6. The summed E-state index contributed by atoms with van der Waals surface area (Å²) in [5.41, 5.74) is 0.292. The number of amides is 1. The van der Waals surface area contributed by atoms with Crippen molar-refractivity contribution in [3.8, 4) is 0 Å². The van der Waals surface area contributed by atoms with Gasteiger partial charge in [0, 0.05) is 10.7 Å². The Morgan fingerprint density at radius 3 is 1.96 bits per heavy atom. The number of nitrogens with one attached hydrogen (secondary N) is 2. The van der Waals surface area contributed by atoms with Gasteiger partial charge in [-0.05, 0) is 55.5 Å². The second-order valence-corrected chi connectivity index (χ2v) is 9.07. The molecule has 0 unspecified atom stereocenters. The van der Waals surface area contributed by atoms with Gasteiger partial charge in [0.1, 0.15) is 0 Å². The van der Waals surface area contributed by atoms with Gasteiger partial charge < -0.3 is 5.32 Å². The summed E-state index contributed by atoms with van der Waals surface area (Å²) in [5.74, 6) is -0.620. The molecule has 0 bridgehead atoms. The molecule has 0 radical (unpaired) electrons. The molecule has 0 saturated carbocycles. The van der Waals surface area contributed by atoms with Crippen LogP contribution in [0.15, 0.2) is 58.3 Å². The Labute approximate surface area is 156 Å². The minimum atomic E-state index is -3.90. The highest BCUT2D eigenvalue weighted by Gasteiger charge is 2.22. The lowest BCUT2D eigenvalue weighted by Gasteiger charge is -2.14. The highest BCUT2D eigenvalue weighted by atomic mass is 35.5. The quantitative estimate of drug-likeness (QED) is 0.650. The van der Waals surface area contributed by atoms with Gasteiger partial charge in [0.05, 0.1) is 15.8 Å². The second kappa shape index (κ2) is 7.72. The molecule has 0 spiro atoms. The third-order valence-corrected chi connectivity index (χ3v) is 6.04. The SMILES string of the molecule is C[C@@H](NS(=O)(=O)c1ccc(Cl)cc1)C(=O)Nc1ccc(S(N)(=O)=O)cc1. The van der Waals surface area contributed by atoms with E-state index in [9.17, 15) is 21.6 Å². The van der Waals surface area contributed by atoms with E-state index in [4.69, 9.17) is 16.7 Å². The number of halogens is 1. The summed E-state index contributed by atoms with van der Waals surface area (Å²) < 4.78 is 49.1. The Bertz CT molecular complexity index is 1000. The fraction of sp³-hybridized carbons (Fsp3) is 0.133. The summed E-state index contributed by atoms with van der Waals surface area (Å²) in [6.07, 6.45) is 0. The average molecular weight is 418 g/mol. The number of primary sulfonamides is 1. The van der Waals surface area contributed by atoms with Crippen LogP contribution in [0, 0.1) is 0 Å². The zero-order chi connectivity index (χ0) is 19.5. The van der Waals surface area contributed by atoms with Crippen molar-refractivity contribution >= 4 is 43.2 Å². The van der Waals surface area contributed by atoms with Crippen LogP contribution >= 0.6 is 11.6 Å². The van der Waals surface area contributed by atoms with Crippen molar-refractivity contribution in [1.82, 2.24) is 4.72 Å². The van der Waals surface area contributed by atoms with E-state index in [0.717, 1.165) is 0 Å². The molecule has 1 amide bonds. The maximum atomic E-state index is 12.3. The van der Waals surface area contributed by atoms with Crippen molar-refractivity contribution < 1.29 is 21.6 Å². The Morgan fingerprint density at radius 2 is 1.46 bits per heavy atom. The molecule has 0 fully saturated rings. The first kappa shape index (κ1) is 20.3. The highest BCUT2D eigenvalue weighted by Crippen LogP contribution is 2.15. The van der Waals surface area contributed by atoms with E-state index < -0.39 is 32.0 Å². The fourth-order valence-corrected chi connectivity index (χ4v) is 3.79. The van der Waals surface area contributed by atoms with E-state index in [0.29, 0.717) is 10.7 Å². The van der Waals surface area contributed by atoms with Gasteiger partial charge in [-0.1, -0.05) is 11.6 Å². The van der Waals surface area contributed by atoms with Gasteiger partial charge in [-0.25, -0.2) is 22.0 Å². The molecule has 0 aliphatic heterocycles. The lowest BCUT2D eigenvalue weighted by molar-refractivity contribution is -0.117. The van der Waals surface area contributed by atoms with Crippen LogP contribution in [0.5, 0.6) is 0 Å². The molecule has 140 valence electrons. The molecule has 2 aromatic rings. The predicted molar refractivity (Wildman–Crippen MR) is 97.7 cm³/mol. The molecule has 0 heterocycles. The standard InChI is InChI=1S/C15H16ClN3O5S2/c1-10(19-26(23,24)14-6-2-11(16)3-7-14)15(20)18-12-4-8-13(9-5-12)25(17,21)22/h2-10,19H,1H3,(H,18,20)(H2,17,21,22)/t10-/m1/s1. The zero-order valence-corrected chi connectivity index (χ0v) is 15.9. The summed E-state index contributed by atoms with van der Waals surface area (Å²) in [6.45, 7) is 1.38. The van der Waals surface area contributed by atoms with Crippen molar-refractivity contribution in [2.45, 2.75) is 22.8 Å². The molecule has 0 aromatic heterocycles. The Hall–Kier alpha value is -1.98. The smallest absolute Gasteiger partial charge is 0.242 e. The van der Waals surface area contributed by atoms with Gasteiger partial charge in [-0.2, -0.15) is 4.72 Å². The van der Waals surface area contributed by atoms with Gasteiger partial charge in [0.15, 0.2) is 0 Å². The fourth-order valence-electron chi connectivity index (χ4n) is 1.95. The van der Waals surface area contributed by atoms with Crippen LogP contribution in [0.1, 0.15) is 6.92 Å². The van der Waals surface area contributed by atoms with Crippen LogP contribution < -0.4 is 15.2 Å². The van der Waals surface area contributed by atoms with Crippen LogP contribution in [-0.2, 0) is 24.8 Å². The van der Waals surface area contributed by atoms with Crippen LogP contribution in [0.25, 0.3) is 0 Å². The van der Waals surface area contributed by atoms with E-state index >= 15 is 0 Å². The maximum absolute atomic E-state index is 12.3. The van der Waals surface area contributed by atoms with Crippen molar-refractivity contribution in [3.05, 3.63) is 53.6 Å². The number of benzene rings is 2. The number of nitrogens with two attached hydrogens (primary N) is 1. The lowest BCUT2D eigenvalue weighted by atomic mass is 10.3. The minimum Gasteiger partial charge on any atom is -0.325 e. The van der Waals surface area contributed by atoms with Crippen LogP contribution in [0.4, 0.5) is 5.69 Å². The second-order valence-electron chi connectivity index (χ2n) is 5.36. The van der Waals surface area contributed by atoms with Gasteiger partial charge in [0.25, 0.3) is 0 Å². The number of hydrogen-bond acceptors (Lipinski definition) is 5. The third kappa shape index (κ3) is 5.26. The summed E-state index contributed by atoms with van der Waals surface area (Å²) in [4.78, 5) is 12.0. The first-order valence-corrected chi connectivity index (χ1v) is 10.6. The summed E-state index contributed by atoms with van der Waals surface area (Å²) >= 11 is 5.72. The summed E-state index contributed by atoms with van der Waals surface area (Å²) in [7, 11) is -7.74. The molecular weight excluding hydrogens is 402 g/mol. The molecule has 2 rings (SSSR count). The normalized spacial score (nSPS) is 13.2. The molecule has 4 N–H and O–H groups in total. The highest BCUT2D eigenvalue weighted by molar-refractivity contribution is 7.89. The predicted octanol–water partition coefficient (Wildman–Crippen LogP) is 1.29. The monoisotopic (exact) mass is 417 g/mol. The van der Waals surface area contributed by atoms with Crippen molar-refractivity contribution in [1.29, 1.82) is 0 Å². The van der Waals surface area contributed by atoms with E-state index in [2.05, 4.69) is 10.0 Å². The number of carbonyl (C=O) groups is 1. The lowest BCUT2D eigenvalue weighted by Crippen LogP contribution is -2.41. The number of anilines is 1. The zero-order valence-electron chi connectivity index (χ0n) is 13.5. The van der Waals surface area contributed by atoms with E-state index in [1.807, 2.05) is 0 Å². The van der Waals surface area contributed by atoms with Crippen molar-refractivity contribution in [3.63, 3.8) is 0 Å². The molecule has 8 nitrogen and oxygen atoms in total. The van der Waals surface area contributed by atoms with Gasteiger partial charge in [-0.15, -0.1) is 0 Å². The van der Waals surface area contributed by atoms with Gasteiger partial charge >= 0.3 is 0 Å². The van der Waals surface area contributed by atoms with E-state index in [-0.39, 0.29) is 9.79 Å². The van der Waals surface area contributed by atoms with E-state index in [1.54, 1.807) is 0 Å². The van der Waals surface area contributed by atoms with E-state index in [1.165, 1.54) is 55.5 Å². The molecule has 2 aromatic carbocycles. The van der Waals surface area contributed by atoms with Gasteiger partial charge in [0.2, 0.25) is 26.0 Å². The Kier molecular flexibility index (Phi) is 6.04.